The molecule has 1 aliphatic rings. The van der Waals surface area contributed by atoms with Crippen molar-refractivity contribution < 1.29 is 0 Å². The Bertz CT molecular complexity index is 560. The molecule has 3 rings (SSSR count). The molecule has 0 atom stereocenters. The van der Waals surface area contributed by atoms with E-state index < -0.39 is 0 Å². The molecular weight excluding hydrogens is 204 g/mol. The van der Waals surface area contributed by atoms with Gasteiger partial charge in [0.05, 0.1) is 5.69 Å². The maximum Gasteiger partial charge on any atom is 0.251 e. The minimum atomic E-state index is -0.115. The van der Waals surface area contributed by atoms with Crippen LogP contribution in [0.15, 0.2) is 29.6 Å². The van der Waals surface area contributed by atoms with Gasteiger partial charge in [-0.25, -0.2) is 15.0 Å². The first kappa shape index (κ1) is 9.21. The second-order valence-corrected chi connectivity index (χ2v) is 3.92. The van der Waals surface area contributed by atoms with Crippen LogP contribution in [-0.4, -0.2) is 19.9 Å². The second-order valence-electron chi connectivity index (χ2n) is 3.92. The number of hydrogen-bond acceptors (Lipinski definition) is 4. The van der Waals surface area contributed by atoms with Crippen molar-refractivity contribution in [3.05, 3.63) is 41.0 Å². The fourth-order valence-corrected chi connectivity index (χ4v) is 1.61. The molecule has 1 saturated carbocycles. The zero-order valence-corrected chi connectivity index (χ0v) is 8.55. The van der Waals surface area contributed by atoms with Crippen LogP contribution in [0.2, 0.25) is 0 Å². The Balaban J connectivity index is 2.10. The highest BCUT2D eigenvalue weighted by molar-refractivity contribution is 5.55. The molecule has 80 valence electrons. The van der Waals surface area contributed by atoms with Crippen molar-refractivity contribution in [2.45, 2.75) is 18.8 Å². The second kappa shape index (κ2) is 3.52. The number of nitrogens with one attached hydrogen (secondary N) is 1. The Morgan fingerprint density at radius 1 is 1.25 bits per heavy atom. The standard InChI is InChI=1S/C11H10N4O/c16-10-3-9(8-4-12-6-13-5-8)14-11(15-10)7-1-2-7/h3-7H,1-2H2,(H,14,15,16). The molecule has 2 heterocycles. The number of rotatable bonds is 2. The van der Waals surface area contributed by atoms with E-state index in [1.807, 2.05) is 0 Å². The van der Waals surface area contributed by atoms with Crippen molar-refractivity contribution >= 4 is 0 Å². The van der Waals surface area contributed by atoms with Gasteiger partial charge in [0.25, 0.3) is 5.56 Å². The molecule has 2 aromatic heterocycles. The normalized spacial score (nSPS) is 15.0. The van der Waals surface area contributed by atoms with Gasteiger partial charge >= 0.3 is 0 Å². The Morgan fingerprint density at radius 3 is 2.69 bits per heavy atom. The number of aromatic nitrogens is 4. The summed E-state index contributed by atoms with van der Waals surface area (Å²) in [7, 11) is 0. The lowest BCUT2D eigenvalue weighted by Gasteiger charge is -2.02. The van der Waals surface area contributed by atoms with Crippen LogP contribution in [-0.2, 0) is 0 Å². The third-order valence-electron chi connectivity index (χ3n) is 2.58. The molecule has 0 bridgehead atoms. The SMILES string of the molecule is O=c1cc(-c2cncnc2)nc(C2CC2)[nH]1. The fourth-order valence-electron chi connectivity index (χ4n) is 1.61. The number of hydrogen-bond donors (Lipinski definition) is 1. The highest BCUT2D eigenvalue weighted by Crippen LogP contribution is 2.37. The van der Waals surface area contributed by atoms with Gasteiger partial charge in [0.1, 0.15) is 12.2 Å². The smallest absolute Gasteiger partial charge is 0.251 e. The van der Waals surface area contributed by atoms with Gasteiger partial charge in [-0.2, -0.15) is 0 Å². The summed E-state index contributed by atoms with van der Waals surface area (Å²) in [5.74, 6) is 1.21. The number of aromatic amines is 1. The molecule has 1 aliphatic carbocycles. The molecule has 16 heavy (non-hydrogen) atoms. The predicted octanol–water partition coefficient (Wildman–Crippen LogP) is 1.10. The van der Waals surface area contributed by atoms with Gasteiger partial charge in [0.2, 0.25) is 0 Å². The van der Waals surface area contributed by atoms with Crippen molar-refractivity contribution in [2.24, 2.45) is 0 Å². The average Bonchev–Trinajstić information content (AvgIpc) is 3.13. The van der Waals surface area contributed by atoms with E-state index in [-0.39, 0.29) is 5.56 Å². The summed E-state index contributed by atoms with van der Waals surface area (Å²) in [6, 6.07) is 1.48. The Hall–Kier alpha value is -2.04. The van der Waals surface area contributed by atoms with Gasteiger partial charge in [-0.15, -0.1) is 0 Å². The maximum absolute atomic E-state index is 11.5. The lowest BCUT2D eigenvalue weighted by Crippen LogP contribution is -2.10. The van der Waals surface area contributed by atoms with E-state index in [2.05, 4.69) is 19.9 Å². The number of H-pyrrole nitrogens is 1. The van der Waals surface area contributed by atoms with E-state index in [4.69, 9.17) is 0 Å². The first-order valence-electron chi connectivity index (χ1n) is 5.19. The average molecular weight is 214 g/mol. The molecule has 0 spiro atoms. The first-order chi connectivity index (χ1) is 7.83. The Morgan fingerprint density at radius 2 is 2.00 bits per heavy atom. The zero-order valence-electron chi connectivity index (χ0n) is 8.55. The van der Waals surface area contributed by atoms with Crippen molar-refractivity contribution in [1.82, 2.24) is 19.9 Å². The van der Waals surface area contributed by atoms with E-state index in [1.54, 1.807) is 12.4 Å². The van der Waals surface area contributed by atoms with Gasteiger partial charge in [0, 0.05) is 29.9 Å². The maximum atomic E-state index is 11.5. The van der Waals surface area contributed by atoms with Gasteiger partial charge in [-0.05, 0) is 12.8 Å². The summed E-state index contributed by atoms with van der Waals surface area (Å²) in [6.07, 6.45) is 6.99. The van der Waals surface area contributed by atoms with Crippen LogP contribution in [0, 0.1) is 0 Å². The van der Waals surface area contributed by atoms with Gasteiger partial charge in [-0.3, -0.25) is 4.79 Å². The minimum Gasteiger partial charge on any atom is -0.310 e. The summed E-state index contributed by atoms with van der Waals surface area (Å²) in [6.45, 7) is 0. The predicted molar refractivity (Wildman–Crippen MR) is 57.9 cm³/mol. The summed E-state index contributed by atoms with van der Waals surface area (Å²) < 4.78 is 0. The lowest BCUT2D eigenvalue weighted by molar-refractivity contribution is 0.911. The molecule has 0 amide bonds. The molecule has 0 aromatic carbocycles. The molecule has 5 heteroatoms. The summed E-state index contributed by atoms with van der Waals surface area (Å²) >= 11 is 0. The molecule has 1 N–H and O–H groups in total. The van der Waals surface area contributed by atoms with Crippen LogP contribution >= 0.6 is 0 Å². The molecule has 0 saturated heterocycles. The molecule has 1 fully saturated rings. The minimum absolute atomic E-state index is 0.115. The summed E-state index contributed by atoms with van der Waals surface area (Å²) in [5, 5.41) is 0. The molecule has 5 nitrogen and oxygen atoms in total. The molecule has 0 radical (unpaired) electrons. The Labute approximate surface area is 91.6 Å². The van der Waals surface area contributed by atoms with E-state index in [9.17, 15) is 4.79 Å². The van der Waals surface area contributed by atoms with Gasteiger partial charge in [0.15, 0.2) is 0 Å². The van der Waals surface area contributed by atoms with Crippen LogP contribution < -0.4 is 5.56 Å². The summed E-state index contributed by atoms with van der Waals surface area (Å²) in [5.41, 5.74) is 1.30. The third kappa shape index (κ3) is 1.71. The van der Waals surface area contributed by atoms with E-state index in [0.29, 0.717) is 11.6 Å². The van der Waals surface area contributed by atoms with E-state index >= 15 is 0 Å². The first-order valence-corrected chi connectivity index (χ1v) is 5.19. The number of nitrogens with zero attached hydrogens (tertiary/aromatic N) is 3. The quantitative estimate of drug-likeness (QED) is 0.812. The zero-order chi connectivity index (χ0) is 11.0. The summed E-state index contributed by atoms with van der Waals surface area (Å²) in [4.78, 5) is 26.5. The highest BCUT2D eigenvalue weighted by Gasteiger charge is 2.26. The topological polar surface area (TPSA) is 71.5 Å². The molecular formula is C11H10N4O. The third-order valence-corrected chi connectivity index (χ3v) is 2.58. The van der Waals surface area contributed by atoms with E-state index in [0.717, 1.165) is 24.2 Å². The van der Waals surface area contributed by atoms with E-state index in [1.165, 1.54) is 12.4 Å². The fraction of sp³-hybridized carbons (Fsp3) is 0.273. The van der Waals surface area contributed by atoms with Crippen molar-refractivity contribution in [3.63, 3.8) is 0 Å². The molecule has 2 aromatic rings. The van der Waals surface area contributed by atoms with Crippen molar-refractivity contribution in [1.29, 1.82) is 0 Å². The van der Waals surface area contributed by atoms with Gasteiger partial charge in [-0.1, -0.05) is 0 Å². The van der Waals surface area contributed by atoms with Crippen LogP contribution in [0.3, 0.4) is 0 Å². The van der Waals surface area contributed by atoms with Crippen LogP contribution in [0.5, 0.6) is 0 Å². The van der Waals surface area contributed by atoms with Gasteiger partial charge < -0.3 is 4.98 Å². The van der Waals surface area contributed by atoms with Crippen LogP contribution in [0.1, 0.15) is 24.6 Å². The lowest BCUT2D eigenvalue weighted by atomic mass is 10.2. The molecule has 0 aliphatic heterocycles. The largest absolute Gasteiger partial charge is 0.310 e. The van der Waals surface area contributed by atoms with Crippen LogP contribution in [0.4, 0.5) is 0 Å². The Kier molecular flexibility index (Phi) is 2.02. The highest BCUT2D eigenvalue weighted by atomic mass is 16.1. The van der Waals surface area contributed by atoms with Crippen molar-refractivity contribution in [2.75, 3.05) is 0 Å². The van der Waals surface area contributed by atoms with Crippen molar-refractivity contribution in [3.8, 4) is 11.3 Å². The molecule has 0 unspecified atom stereocenters. The monoisotopic (exact) mass is 214 g/mol. The van der Waals surface area contributed by atoms with Crippen LogP contribution in [0.25, 0.3) is 11.3 Å².